The number of carbonyl (C=O) groups excluding carboxylic acids is 1. The van der Waals surface area contributed by atoms with Crippen LogP contribution in [-0.4, -0.2) is 28.7 Å². The summed E-state index contributed by atoms with van der Waals surface area (Å²) in [4.78, 5) is 20.4. The summed E-state index contributed by atoms with van der Waals surface area (Å²) in [6, 6.07) is 6.33. The predicted octanol–water partition coefficient (Wildman–Crippen LogP) is 2.90. The van der Waals surface area contributed by atoms with Gasteiger partial charge >= 0.3 is 0 Å². The quantitative estimate of drug-likeness (QED) is 0.548. The van der Waals surface area contributed by atoms with Gasteiger partial charge in [-0.25, -0.2) is 22.5 Å². The number of pyridine rings is 1. The second kappa shape index (κ2) is 8.81. The number of hydrogen-bond acceptors (Lipinski definition) is 5. The second-order valence-electron chi connectivity index (χ2n) is 6.39. The van der Waals surface area contributed by atoms with Crippen molar-refractivity contribution in [2.75, 3.05) is 0 Å². The Morgan fingerprint density at radius 3 is 2.62 bits per heavy atom. The molecule has 0 bridgehead atoms. The number of carbonyl (C=O) groups is 1. The minimum atomic E-state index is -3.88. The van der Waals surface area contributed by atoms with Crippen molar-refractivity contribution < 1.29 is 17.6 Å². The van der Waals surface area contributed by atoms with Crippen molar-refractivity contribution in [3.63, 3.8) is 0 Å². The van der Waals surface area contributed by atoms with Crippen LogP contribution < -0.4 is 4.72 Å². The van der Waals surface area contributed by atoms with E-state index in [-0.39, 0.29) is 22.2 Å². The van der Waals surface area contributed by atoms with Crippen LogP contribution in [0.2, 0.25) is 5.02 Å². The molecule has 2 heterocycles. The van der Waals surface area contributed by atoms with Crippen molar-refractivity contribution in [1.29, 1.82) is 0 Å². The van der Waals surface area contributed by atoms with Crippen LogP contribution in [0.5, 0.6) is 0 Å². The third kappa shape index (κ3) is 5.47. The molecule has 10 heteroatoms. The van der Waals surface area contributed by atoms with Crippen molar-refractivity contribution >= 4 is 27.4 Å². The van der Waals surface area contributed by atoms with E-state index < -0.39 is 15.8 Å². The highest BCUT2D eigenvalue weighted by Gasteiger charge is 2.16. The van der Waals surface area contributed by atoms with E-state index in [0.29, 0.717) is 24.1 Å². The largest absolute Gasteiger partial charge is 0.340 e. The number of halogens is 2. The number of imidazole rings is 1. The first kappa shape index (κ1) is 21.1. The summed E-state index contributed by atoms with van der Waals surface area (Å²) in [6.45, 7) is -0.0836. The Morgan fingerprint density at radius 1 is 1.21 bits per heavy atom. The molecule has 0 aliphatic heterocycles. The number of ketones is 1. The molecule has 3 aromatic rings. The summed E-state index contributed by atoms with van der Waals surface area (Å²) in [6.07, 6.45) is 5.78. The van der Waals surface area contributed by atoms with Gasteiger partial charge in [0.15, 0.2) is 5.78 Å². The van der Waals surface area contributed by atoms with E-state index in [4.69, 9.17) is 11.6 Å². The van der Waals surface area contributed by atoms with Crippen LogP contribution in [0.1, 0.15) is 28.2 Å². The highest BCUT2D eigenvalue weighted by atomic mass is 35.5. The zero-order chi connectivity index (χ0) is 21.0. The normalized spacial score (nSPS) is 11.6. The Hall–Kier alpha value is -2.62. The molecule has 0 fully saturated rings. The van der Waals surface area contributed by atoms with Crippen molar-refractivity contribution in [1.82, 2.24) is 19.3 Å². The molecule has 0 unspecified atom stereocenters. The Labute approximate surface area is 172 Å². The van der Waals surface area contributed by atoms with E-state index in [1.54, 1.807) is 18.5 Å². The topological polar surface area (TPSA) is 94.0 Å². The van der Waals surface area contributed by atoms with Gasteiger partial charge in [0.2, 0.25) is 10.0 Å². The monoisotopic (exact) mass is 436 g/mol. The molecule has 1 N–H and O–H groups in total. The highest BCUT2D eigenvalue weighted by Crippen LogP contribution is 2.19. The van der Waals surface area contributed by atoms with Crippen molar-refractivity contribution in [2.24, 2.45) is 7.05 Å². The van der Waals surface area contributed by atoms with Gasteiger partial charge in [0.05, 0.1) is 34.2 Å². The van der Waals surface area contributed by atoms with Crippen LogP contribution in [0.4, 0.5) is 4.39 Å². The standard InChI is InChI=1S/C19H18ClFN4O3S/c1-25-11-15(23-12-25)4-7-19(26)13-2-3-14(22-9-13)10-24-29(27,28)16-5-6-18(21)17(20)8-16/h2-3,5-6,8-9,11-12,24H,4,7,10H2,1H3. The smallest absolute Gasteiger partial charge is 0.240 e. The molecule has 152 valence electrons. The Kier molecular flexibility index (Phi) is 6.41. The highest BCUT2D eigenvalue weighted by molar-refractivity contribution is 7.89. The number of Topliss-reactive ketones (excluding diaryl/α,β-unsaturated/α-hetero) is 1. The van der Waals surface area contributed by atoms with Crippen LogP contribution in [0.15, 0.2) is 53.9 Å². The van der Waals surface area contributed by atoms with E-state index in [9.17, 15) is 17.6 Å². The van der Waals surface area contributed by atoms with Crippen LogP contribution in [0, 0.1) is 5.82 Å². The summed E-state index contributed by atoms with van der Waals surface area (Å²) in [7, 11) is -2.02. The summed E-state index contributed by atoms with van der Waals surface area (Å²) >= 11 is 5.63. The lowest BCUT2D eigenvalue weighted by Crippen LogP contribution is -2.23. The fraction of sp³-hybridized carbons (Fsp3) is 0.211. The van der Waals surface area contributed by atoms with Crippen LogP contribution in [-0.2, 0) is 30.0 Å². The van der Waals surface area contributed by atoms with E-state index in [1.807, 2.05) is 17.8 Å². The van der Waals surface area contributed by atoms with E-state index >= 15 is 0 Å². The maximum Gasteiger partial charge on any atom is 0.240 e. The number of benzene rings is 1. The molecular weight excluding hydrogens is 419 g/mol. The minimum absolute atomic E-state index is 0.0729. The third-order valence-corrected chi connectivity index (χ3v) is 5.85. The number of nitrogens with one attached hydrogen (secondary N) is 1. The van der Waals surface area contributed by atoms with Gasteiger partial charge in [0.25, 0.3) is 0 Å². The number of rotatable bonds is 8. The second-order valence-corrected chi connectivity index (χ2v) is 8.57. The van der Waals surface area contributed by atoms with Crippen LogP contribution in [0.25, 0.3) is 0 Å². The lowest BCUT2D eigenvalue weighted by atomic mass is 10.1. The predicted molar refractivity (Wildman–Crippen MR) is 106 cm³/mol. The maximum absolute atomic E-state index is 13.2. The lowest BCUT2D eigenvalue weighted by Gasteiger charge is -2.08. The van der Waals surface area contributed by atoms with Crippen molar-refractivity contribution in [2.45, 2.75) is 24.3 Å². The maximum atomic E-state index is 13.2. The molecule has 3 rings (SSSR count). The third-order valence-electron chi connectivity index (χ3n) is 4.16. The molecule has 29 heavy (non-hydrogen) atoms. The molecule has 0 saturated heterocycles. The van der Waals surface area contributed by atoms with Gasteiger partial charge in [-0.15, -0.1) is 0 Å². The lowest BCUT2D eigenvalue weighted by molar-refractivity contribution is 0.0982. The van der Waals surface area contributed by atoms with Crippen molar-refractivity contribution in [3.8, 4) is 0 Å². The molecule has 0 aliphatic rings. The molecule has 0 radical (unpaired) electrons. The minimum Gasteiger partial charge on any atom is -0.340 e. The van der Waals surface area contributed by atoms with Gasteiger partial charge < -0.3 is 4.57 Å². The summed E-state index contributed by atoms with van der Waals surface area (Å²) in [5.41, 5.74) is 1.71. The van der Waals surface area contributed by atoms with Gasteiger partial charge in [-0.3, -0.25) is 9.78 Å². The Morgan fingerprint density at radius 2 is 2.00 bits per heavy atom. The molecular formula is C19H18ClFN4O3S. The van der Waals surface area contributed by atoms with E-state index in [0.717, 1.165) is 23.9 Å². The molecule has 1 aromatic carbocycles. The Bertz CT molecular complexity index is 1130. The molecule has 2 aromatic heterocycles. The summed E-state index contributed by atoms with van der Waals surface area (Å²) < 4.78 is 42.0. The number of hydrogen-bond donors (Lipinski definition) is 1. The van der Waals surface area contributed by atoms with Gasteiger partial charge in [0.1, 0.15) is 5.82 Å². The first-order valence-electron chi connectivity index (χ1n) is 8.64. The Balaban J connectivity index is 1.58. The van der Waals surface area contributed by atoms with E-state index in [1.165, 1.54) is 6.20 Å². The average molecular weight is 437 g/mol. The molecule has 0 amide bonds. The zero-order valence-corrected chi connectivity index (χ0v) is 17.0. The first-order chi connectivity index (χ1) is 13.7. The number of aromatic nitrogens is 3. The van der Waals surface area contributed by atoms with Gasteiger partial charge in [-0.2, -0.15) is 0 Å². The summed E-state index contributed by atoms with van der Waals surface area (Å²) in [5, 5.41) is -0.278. The average Bonchev–Trinajstić information content (AvgIpc) is 3.12. The number of nitrogens with zero attached hydrogens (tertiary/aromatic N) is 3. The molecule has 0 spiro atoms. The molecule has 0 atom stereocenters. The molecule has 0 aliphatic carbocycles. The van der Waals surface area contributed by atoms with Crippen molar-refractivity contribution in [3.05, 3.63) is 76.8 Å². The fourth-order valence-corrected chi connectivity index (χ4v) is 3.84. The number of aryl methyl sites for hydroxylation is 2. The van der Waals surface area contributed by atoms with E-state index in [2.05, 4.69) is 14.7 Å². The molecule has 7 nitrogen and oxygen atoms in total. The first-order valence-corrected chi connectivity index (χ1v) is 10.5. The zero-order valence-electron chi connectivity index (χ0n) is 15.5. The fourth-order valence-electron chi connectivity index (χ4n) is 2.57. The van der Waals surface area contributed by atoms with Crippen LogP contribution >= 0.6 is 11.6 Å². The van der Waals surface area contributed by atoms with Crippen LogP contribution in [0.3, 0.4) is 0 Å². The van der Waals surface area contributed by atoms with Gasteiger partial charge in [0, 0.05) is 31.4 Å². The van der Waals surface area contributed by atoms with Gasteiger partial charge in [-0.1, -0.05) is 11.6 Å². The molecule has 0 saturated carbocycles. The number of sulfonamides is 1. The SMILES string of the molecule is Cn1cnc(CCC(=O)c2ccc(CNS(=O)(=O)c3ccc(F)c(Cl)c3)nc2)c1. The summed E-state index contributed by atoms with van der Waals surface area (Å²) in [5.74, 6) is -0.771. The van der Waals surface area contributed by atoms with Gasteiger partial charge in [-0.05, 0) is 36.8 Å².